The molecule has 0 bridgehead atoms. The molecule has 1 heterocycles. The zero-order valence-electron chi connectivity index (χ0n) is 14.8. The Bertz CT molecular complexity index is 1130. The molecule has 0 unspecified atom stereocenters. The quantitative estimate of drug-likeness (QED) is 0.625. The molecular formula is C21H17ClN2O3S. The van der Waals surface area contributed by atoms with Crippen LogP contribution in [0.5, 0.6) is 0 Å². The maximum Gasteiger partial charge on any atom is 0.339 e. The summed E-state index contributed by atoms with van der Waals surface area (Å²) in [5, 5.41) is 0.524. The van der Waals surface area contributed by atoms with Gasteiger partial charge in [0.1, 0.15) is 4.90 Å². The highest BCUT2D eigenvalue weighted by Crippen LogP contribution is 2.36. The number of urea groups is 1. The first kappa shape index (κ1) is 18.5. The van der Waals surface area contributed by atoms with E-state index in [1.54, 1.807) is 36.4 Å². The average Bonchev–Trinajstić information content (AvgIpc) is 2.71. The summed E-state index contributed by atoms with van der Waals surface area (Å²) < 4.78 is 27.2. The number of fused-ring (bicyclic) bond motifs is 1. The number of hydrogen-bond acceptors (Lipinski definition) is 3. The molecule has 0 saturated carbocycles. The number of halogens is 1. The third kappa shape index (κ3) is 3.25. The zero-order chi connectivity index (χ0) is 19.7. The third-order valence-electron chi connectivity index (χ3n) is 4.62. The Kier molecular flexibility index (Phi) is 4.83. The topological polar surface area (TPSA) is 57.7 Å². The van der Waals surface area contributed by atoms with Gasteiger partial charge in [-0.3, -0.25) is 4.90 Å². The van der Waals surface area contributed by atoms with Gasteiger partial charge in [-0.2, -0.15) is 0 Å². The lowest BCUT2D eigenvalue weighted by Gasteiger charge is -2.36. The minimum absolute atomic E-state index is 0.0324. The van der Waals surface area contributed by atoms with E-state index in [1.807, 2.05) is 36.4 Å². The second-order valence-corrected chi connectivity index (χ2v) is 8.66. The van der Waals surface area contributed by atoms with Crippen LogP contribution in [0, 0.1) is 0 Å². The fourth-order valence-electron chi connectivity index (χ4n) is 3.21. The van der Waals surface area contributed by atoms with Crippen molar-refractivity contribution in [2.75, 3.05) is 4.90 Å². The van der Waals surface area contributed by atoms with Gasteiger partial charge in [-0.1, -0.05) is 72.3 Å². The molecule has 0 N–H and O–H groups in total. The van der Waals surface area contributed by atoms with Crippen molar-refractivity contribution >= 4 is 33.3 Å². The first-order chi connectivity index (χ1) is 13.5. The van der Waals surface area contributed by atoms with Gasteiger partial charge in [0.25, 0.3) is 10.0 Å². The molecule has 3 aromatic rings. The van der Waals surface area contributed by atoms with Crippen molar-refractivity contribution in [3.8, 4) is 0 Å². The lowest BCUT2D eigenvalue weighted by Crippen LogP contribution is -2.49. The molecule has 0 fully saturated rings. The van der Waals surface area contributed by atoms with Crippen LogP contribution >= 0.6 is 11.6 Å². The third-order valence-corrected chi connectivity index (χ3v) is 6.76. The Morgan fingerprint density at radius 1 is 0.786 bits per heavy atom. The number of anilines is 1. The van der Waals surface area contributed by atoms with E-state index in [0.717, 1.165) is 15.4 Å². The summed E-state index contributed by atoms with van der Waals surface area (Å²) in [6.45, 7) is 0.145. The summed E-state index contributed by atoms with van der Waals surface area (Å²) in [6.07, 6.45) is 0. The fourth-order valence-corrected chi connectivity index (χ4v) is 4.96. The molecule has 0 radical (unpaired) electrons. The second kappa shape index (κ2) is 7.30. The maximum absolute atomic E-state index is 13.3. The average molecular weight is 413 g/mol. The van der Waals surface area contributed by atoms with Crippen LogP contribution in [0.2, 0.25) is 5.02 Å². The molecule has 0 spiro atoms. The van der Waals surface area contributed by atoms with Gasteiger partial charge in [0, 0.05) is 5.02 Å². The smallest absolute Gasteiger partial charge is 0.288 e. The standard InChI is InChI=1S/C21H17ClN2O3S/c22-18-11-5-4-10-17(18)15-23-19-12-6-7-13-20(19)28(26,27)24(21(23)25)14-16-8-2-1-3-9-16/h1-13H,14-15H2. The van der Waals surface area contributed by atoms with E-state index in [1.165, 1.54) is 11.0 Å². The molecule has 4 rings (SSSR count). The summed E-state index contributed by atoms with van der Waals surface area (Å²) >= 11 is 6.27. The number of sulfonamides is 1. The number of benzene rings is 3. The summed E-state index contributed by atoms with van der Waals surface area (Å²) in [7, 11) is -3.96. The van der Waals surface area contributed by atoms with E-state index >= 15 is 0 Å². The van der Waals surface area contributed by atoms with Crippen molar-refractivity contribution in [3.63, 3.8) is 0 Å². The van der Waals surface area contributed by atoms with Gasteiger partial charge in [-0.15, -0.1) is 0 Å². The molecule has 142 valence electrons. The highest BCUT2D eigenvalue weighted by Gasteiger charge is 2.41. The first-order valence-electron chi connectivity index (χ1n) is 8.69. The van der Waals surface area contributed by atoms with Crippen LogP contribution in [0.25, 0.3) is 0 Å². The van der Waals surface area contributed by atoms with Crippen molar-refractivity contribution in [1.82, 2.24) is 4.31 Å². The van der Waals surface area contributed by atoms with Crippen LogP contribution in [0.15, 0.2) is 83.8 Å². The Hall–Kier alpha value is -2.83. The molecule has 0 atom stereocenters. The van der Waals surface area contributed by atoms with Gasteiger partial charge in [-0.25, -0.2) is 17.5 Å². The minimum atomic E-state index is -3.96. The Balaban J connectivity index is 1.80. The lowest BCUT2D eigenvalue weighted by molar-refractivity contribution is 0.226. The molecule has 5 nitrogen and oxygen atoms in total. The van der Waals surface area contributed by atoms with Crippen LogP contribution in [0.1, 0.15) is 11.1 Å². The van der Waals surface area contributed by atoms with Crippen LogP contribution in [-0.2, 0) is 23.1 Å². The molecular weight excluding hydrogens is 396 g/mol. The van der Waals surface area contributed by atoms with Gasteiger partial charge in [0.05, 0.1) is 18.8 Å². The van der Waals surface area contributed by atoms with E-state index in [2.05, 4.69) is 0 Å². The van der Waals surface area contributed by atoms with Crippen LogP contribution in [0.3, 0.4) is 0 Å². The molecule has 1 aliphatic rings. The molecule has 28 heavy (non-hydrogen) atoms. The minimum Gasteiger partial charge on any atom is -0.288 e. The van der Waals surface area contributed by atoms with Crippen LogP contribution in [-0.4, -0.2) is 18.8 Å². The van der Waals surface area contributed by atoms with Gasteiger partial charge in [0.15, 0.2) is 0 Å². The molecule has 3 aromatic carbocycles. The molecule has 0 saturated heterocycles. The first-order valence-corrected chi connectivity index (χ1v) is 10.5. The monoisotopic (exact) mass is 412 g/mol. The summed E-state index contributed by atoms with van der Waals surface area (Å²) in [5.74, 6) is 0. The van der Waals surface area contributed by atoms with E-state index in [0.29, 0.717) is 10.7 Å². The number of amides is 2. The SMILES string of the molecule is O=C1N(Cc2ccccc2Cl)c2ccccc2S(=O)(=O)N1Cc1ccccc1. The summed E-state index contributed by atoms with van der Waals surface area (Å²) in [5.41, 5.74) is 1.83. The Labute approximate surface area is 168 Å². The molecule has 2 amide bonds. The normalized spacial score (nSPS) is 15.4. The summed E-state index contributed by atoms with van der Waals surface area (Å²) in [4.78, 5) is 14.8. The van der Waals surface area contributed by atoms with Gasteiger partial charge in [0.2, 0.25) is 0 Å². The Morgan fingerprint density at radius 2 is 1.43 bits per heavy atom. The van der Waals surface area contributed by atoms with Crippen molar-refractivity contribution < 1.29 is 13.2 Å². The molecule has 7 heteroatoms. The predicted octanol–water partition coefficient (Wildman–Crippen LogP) is 4.67. The number of carbonyl (C=O) groups excluding carboxylic acids is 1. The maximum atomic E-state index is 13.3. The molecule has 0 aliphatic carbocycles. The number of hydrogen-bond donors (Lipinski definition) is 0. The van der Waals surface area contributed by atoms with Gasteiger partial charge in [-0.05, 0) is 29.3 Å². The molecule has 1 aliphatic heterocycles. The van der Waals surface area contributed by atoms with Crippen LogP contribution < -0.4 is 4.90 Å². The fraction of sp³-hybridized carbons (Fsp3) is 0.0952. The van der Waals surface area contributed by atoms with E-state index in [-0.39, 0.29) is 18.0 Å². The van der Waals surface area contributed by atoms with Crippen molar-refractivity contribution in [2.45, 2.75) is 18.0 Å². The van der Waals surface area contributed by atoms with Crippen molar-refractivity contribution in [1.29, 1.82) is 0 Å². The van der Waals surface area contributed by atoms with E-state index in [9.17, 15) is 13.2 Å². The van der Waals surface area contributed by atoms with Gasteiger partial charge < -0.3 is 0 Å². The predicted molar refractivity (Wildman–Crippen MR) is 109 cm³/mol. The summed E-state index contributed by atoms with van der Waals surface area (Å²) in [6, 6.07) is 22.2. The highest BCUT2D eigenvalue weighted by atomic mass is 35.5. The molecule has 0 aromatic heterocycles. The van der Waals surface area contributed by atoms with Crippen molar-refractivity contribution in [2.24, 2.45) is 0 Å². The van der Waals surface area contributed by atoms with E-state index < -0.39 is 16.1 Å². The van der Waals surface area contributed by atoms with Gasteiger partial charge >= 0.3 is 6.03 Å². The van der Waals surface area contributed by atoms with E-state index in [4.69, 9.17) is 11.6 Å². The van der Waals surface area contributed by atoms with Crippen molar-refractivity contribution in [3.05, 3.63) is 95.0 Å². The number of para-hydroxylation sites is 1. The number of rotatable bonds is 4. The number of nitrogens with zero attached hydrogens (tertiary/aromatic N) is 2. The highest BCUT2D eigenvalue weighted by molar-refractivity contribution is 7.90. The van der Waals surface area contributed by atoms with Crippen LogP contribution in [0.4, 0.5) is 10.5 Å². The number of carbonyl (C=O) groups is 1. The zero-order valence-corrected chi connectivity index (χ0v) is 16.4. The lowest BCUT2D eigenvalue weighted by atomic mass is 10.2. The largest absolute Gasteiger partial charge is 0.339 e. The second-order valence-electron chi connectivity index (χ2n) is 6.43. The Morgan fingerprint density at radius 3 is 2.18 bits per heavy atom.